The summed E-state index contributed by atoms with van der Waals surface area (Å²) >= 11 is 0. The van der Waals surface area contributed by atoms with Crippen LogP contribution < -0.4 is 10.9 Å². The summed E-state index contributed by atoms with van der Waals surface area (Å²) in [6, 6.07) is 5.65. The maximum absolute atomic E-state index is 12.1. The number of nitrogens with zero attached hydrogens (tertiary/aromatic N) is 4. The minimum absolute atomic E-state index is 0.0202. The lowest BCUT2D eigenvalue weighted by molar-refractivity contribution is 0.582. The van der Waals surface area contributed by atoms with Gasteiger partial charge >= 0.3 is 0 Å². The molecule has 20 heavy (non-hydrogen) atoms. The van der Waals surface area contributed by atoms with E-state index in [2.05, 4.69) is 15.4 Å². The van der Waals surface area contributed by atoms with Gasteiger partial charge in [-0.05, 0) is 17.7 Å². The zero-order valence-corrected chi connectivity index (χ0v) is 10.9. The second-order valence-corrected chi connectivity index (χ2v) is 4.50. The molecule has 1 N–H and O–H groups in total. The zero-order chi connectivity index (χ0) is 13.8. The van der Waals surface area contributed by atoms with Crippen LogP contribution in [0, 0.1) is 0 Å². The van der Waals surface area contributed by atoms with Crippen LogP contribution in [0.2, 0.25) is 0 Å². The molecule has 0 aromatic carbocycles. The molecule has 0 spiro atoms. The summed E-state index contributed by atoms with van der Waals surface area (Å²) < 4.78 is 3.27. The fourth-order valence-electron chi connectivity index (χ4n) is 2.07. The third kappa shape index (κ3) is 2.60. The highest BCUT2D eigenvalue weighted by Crippen LogP contribution is 1.95. The molecule has 3 aromatic rings. The molecule has 3 aromatic heterocycles. The Morgan fingerprint density at radius 2 is 2.15 bits per heavy atom. The summed E-state index contributed by atoms with van der Waals surface area (Å²) in [5.74, 6) is 0. The summed E-state index contributed by atoms with van der Waals surface area (Å²) in [6.45, 7) is 2.09. The summed E-state index contributed by atoms with van der Waals surface area (Å²) in [7, 11) is 0. The Morgan fingerprint density at radius 3 is 3.00 bits per heavy atom. The Labute approximate surface area is 115 Å². The molecule has 0 saturated heterocycles. The van der Waals surface area contributed by atoms with E-state index in [-0.39, 0.29) is 5.56 Å². The molecule has 0 bridgehead atoms. The van der Waals surface area contributed by atoms with Crippen LogP contribution in [0.4, 0.5) is 0 Å². The van der Waals surface area contributed by atoms with Crippen molar-refractivity contribution in [2.75, 3.05) is 6.54 Å². The standard InChI is InChI=1S/C14H15N5O/c20-14-13-3-5-17-19(13)9-8-18(14)7-6-16-11-12-2-1-4-15-10-12/h1-5,8-10,16H,6-7,11H2. The molecule has 102 valence electrons. The Morgan fingerprint density at radius 1 is 1.20 bits per heavy atom. The van der Waals surface area contributed by atoms with Gasteiger partial charge < -0.3 is 9.88 Å². The molecule has 6 heteroatoms. The van der Waals surface area contributed by atoms with Crippen LogP contribution >= 0.6 is 0 Å². The van der Waals surface area contributed by atoms with Gasteiger partial charge in [0.05, 0.1) is 6.20 Å². The van der Waals surface area contributed by atoms with Crippen molar-refractivity contribution in [3.8, 4) is 0 Å². The second kappa shape index (κ2) is 5.66. The first-order chi connectivity index (χ1) is 9.84. The highest BCUT2D eigenvalue weighted by Gasteiger charge is 2.02. The molecule has 0 aliphatic carbocycles. The Balaban J connectivity index is 1.60. The van der Waals surface area contributed by atoms with E-state index in [1.165, 1.54) is 0 Å². The zero-order valence-electron chi connectivity index (χ0n) is 10.9. The highest BCUT2D eigenvalue weighted by atomic mass is 16.1. The molecule has 3 rings (SSSR count). The van der Waals surface area contributed by atoms with Gasteiger partial charge in [0.2, 0.25) is 0 Å². The number of pyridine rings is 1. The number of rotatable bonds is 5. The topological polar surface area (TPSA) is 64.2 Å². The van der Waals surface area contributed by atoms with E-state index in [0.29, 0.717) is 12.1 Å². The van der Waals surface area contributed by atoms with Gasteiger partial charge in [0.25, 0.3) is 5.56 Å². The van der Waals surface area contributed by atoms with Crippen molar-refractivity contribution in [2.45, 2.75) is 13.1 Å². The third-order valence-corrected chi connectivity index (χ3v) is 3.12. The molecule has 6 nitrogen and oxygen atoms in total. The van der Waals surface area contributed by atoms with E-state index in [1.807, 2.05) is 18.3 Å². The SMILES string of the molecule is O=c1c2ccnn2ccn1CCNCc1cccnc1. The number of fused-ring (bicyclic) bond motifs is 1. The van der Waals surface area contributed by atoms with Crippen molar-refractivity contribution in [1.29, 1.82) is 0 Å². The summed E-state index contributed by atoms with van der Waals surface area (Å²) in [6.07, 6.45) is 8.76. The lowest BCUT2D eigenvalue weighted by atomic mass is 10.3. The fourth-order valence-corrected chi connectivity index (χ4v) is 2.07. The summed E-state index contributed by atoms with van der Waals surface area (Å²) in [5.41, 5.74) is 1.71. The third-order valence-electron chi connectivity index (χ3n) is 3.12. The molecule has 0 saturated carbocycles. The van der Waals surface area contributed by atoms with Crippen molar-refractivity contribution >= 4 is 5.52 Å². The molecular formula is C14H15N5O. The van der Waals surface area contributed by atoms with E-state index >= 15 is 0 Å². The predicted molar refractivity (Wildman–Crippen MR) is 75.4 cm³/mol. The predicted octanol–water partition coefficient (Wildman–Crippen LogP) is 0.681. The van der Waals surface area contributed by atoms with Crippen molar-refractivity contribution in [3.63, 3.8) is 0 Å². The molecule has 3 heterocycles. The van der Waals surface area contributed by atoms with Gasteiger partial charge in [0.1, 0.15) is 5.52 Å². The summed E-state index contributed by atoms with van der Waals surface area (Å²) in [5, 5.41) is 7.33. The number of nitrogens with one attached hydrogen (secondary N) is 1. The molecule has 0 radical (unpaired) electrons. The van der Waals surface area contributed by atoms with Crippen LogP contribution in [0.25, 0.3) is 5.52 Å². The first kappa shape index (κ1) is 12.6. The van der Waals surface area contributed by atoms with E-state index in [1.54, 1.807) is 39.9 Å². The summed E-state index contributed by atoms with van der Waals surface area (Å²) in [4.78, 5) is 16.2. The molecular weight excluding hydrogens is 254 g/mol. The minimum atomic E-state index is -0.0202. The molecule has 0 amide bonds. The Hall–Kier alpha value is -2.47. The van der Waals surface area contributed by atoms with E-state index in [4.69, 9.17) is 0 Å². The van der Waals surface area contributed by atoms with Crippen molar-refractivity contribution in [3.05, 3.63) is 65.1 Å². The van der Waals surface area contributed by atoms with Crippen molar-refractivity contribution in [2.24, 2.45) is 0 Å². The maximum Gasteiger partial charge on any atom is 0.276 e. The van der Waals surface area contributed by atoms with Gasteiger partial charge in [0, 0.05) is 44.4 Å². The monoisotopic (exact) mass is 269 g/mol. The molecule has 0 atom stereocenters. The first-order valence-corrected chi connectivity index (χ1v) is 6.47. The number of aromatic nitrogens is 4. The lowest BCUT2D eigenvalue weighted by Gasteiger charge is -2.07. The van der Waals surface area contributed by atoms with E-state index < -0.39 is 0 Å². The van der Waals surface area contributed by atoms with Gasteiger partial charge in [-0.3, -0.25) is 9.78 Å². The van der Waals surface area contributed by atoms with Crippen LogP contribution in [0.15, 0.2) is 54.0 Å². The highest BCUT2D eigenvalue weighted by molar-refractivity contribution is 5.42. The number of hydrogen-bond acceptors (Lipinski definition) is 4. The van der Waals surface area contributed by atoms with Gasteiger partial charge in [0.15, 0.2) is 0 Å². The quantitative estimate of drug-likeness (QED) is 0.692. The molecule has 0 fully saturated rings. The lowest BCUT2D eigenvalue weighted by Crippen LogP contribution is -2.27. The van der Waals surface area contributed by atoms with Gasteiger partial charge in [-0.15, -0.1) is 0 Å². The van der Waals surface area contributed by atoms with Gasteiger partial charge in [-0.1, -0.05) is 6.07 Å². The van der Waals surface area contributed by atoms with Crippen molar-refractivity contribution in [1.82, 2.24) is 24.5 Å². The van der Waals surface area contributed by atoms with Crippen LogP contribution in [0.1, 0.15) is 5.56 Å². The number of hydrogen-bond donors (Lipinski definition) is 1. The molecule has 0 unspecified atom stereocenters. The normalized spacial score (nSPS) is 11.0. The van der Waals surface area contributed by atoms with Crippen LogP contribution in [0.5, 0.6) is 0 Å². The maximum atomic E-state index is 12.1. The average Bonchev–Trinajstić information content (AvgIpc) is 2.96. The van der Waals surface area contributed by atoms with E-state index in [0.717, 1.165) is 18.7 Å². The largest absolute Gasteiger partial charge is 0.311 e. The smallest absolute Gasteiger partial charge is 0.276 e. The van der Waals surface area contributed by atoms with Gasteiger partial charge in [-0.25, -0.2) is 4.52 Å². The fraction of sp³-hybridized carbons (Fsp3) is 0.214. The molecule has 0 aliphatic rings. The average molecular weight is 269 g/mol. The second-order valence-electron chi connectivity index (χ2n) is 4.50. The van der Waals surface area contributed by atoms with Crippen LogP contribution in [-0.4, -0.2) is 25.7 Å². The van der Waals surface area contributed by atoms with Crippen LogP contribution in [-0.2, 0) is 13.1 Å². The first-order valence-electron chi connectivity index (χ1n) is 6.47. The molecule has 0 aliphatic heterocycles. The van der Waals surface area contributed by atoms with Crippen molar-refractivity contribution < 1.29 is 0 Å². The Kier molecular flexibility index (Phi) is 3.56. The minimum Gasteiger partial charge on any atom is -0.311 e. The van der Waals surface area contributed by atoms with Gasteiger partial charge in [-0.2, -0.15) is 5.10 Å². The van der Waals surface area contributed by atoms with Crippen LogP contribution in [0.3, 0.4) is 0 Å². The Bertz CT molecular complexity index is 747. The van der Waals surface area contributed by atoms with E-state index in [9.17, 15) is 4.79 Å².